The maximum absolute atomic E-state index is 3.55. The van der Waals surface area contributed by atoms with Crippen LogP contribution in [0.5, 0.6) is 0 Å². The van der Waals surface area contributed by atoms with Crippen LogP contribution in [0.15, 0.2) is 32.1 Å². The first-order chi connectivity index (χ1) is 5.29. The maximum atomic E-state index is 3.55. The predicted molar refractivity (Wildman–Crippen MR) is 56.3 cm³/mol. The summed E-state index contributed by atoms with van der Waals surface area (Å²) >= 11 is 7.58. The molecule has 1 heterocycles. The van der Waals surface area contributed by atoms with Gasteiger partial charge in [-0.3, -0.25) is 0 Å². The summed E-state index contributed by atoms with van der Waals surface area (Å²) in [7, 11) is 0. The molecule has 0 fully saturated rings. The van der Waals surface area contributed by atoms with Gasteiger partial charge in [-0.15, -0.1) is 0 Å². The van der Waals surface area contributed by atoms with Gasteiger partial charge < -0.3 is 0 Å². The fourth-order valence-electron chi connectivity index (χ4n) is 0.984. The SMILES string of the molecule is Brc1[se]c2ccccc2c1Br. The second-order valence-corrected chi connectivity index (χ2v) is 7.16. The quantitative estimate of drug-likeness (QED) is 0.646. The molecule has 2 rings (SSSR count). The molecule has 3 heteroatoms. The first-order valence-electron chi connectivity index (χ1n) is 3.11. The minimum absolute atomic E-state index is 0.482. The molecule has 0 atom stereocenters. The van der Waals surface area contributed by atoms with Crippen LogP contribution in [0.3, 0.4) is 0 Å². The minimum atomic E-state index is 0.482. The molecule has 0 spiro atoms. The molecule has 0 saturated heterocycles. The molecule has 0 bridgehead atoms. The van der Waals surface area contributed by atoms with Gasteiger partial charge in [0.1, 0.15) is 0 Å². The van der Waals surface area contributed by atoms with Crippen LogP contribution in [0.2, 0.25) is 0 Å². The second kappa shape index (κ2) is 3.06. The molecular formula is C8H4Br2Se. The molecule has 0 N–H and O–H groups in total. The fourth-order valence-corrected chi connectivity index (χ4v) is 4.88. The van der Waals surface area contributed by atoms with E-state index in [-0.39, 0.29) is 0 Å². The number of halogens is 2. The number of hydrogen-bond acceptors (Lipinski definition) is 0. The number of rotatable bonds is 0. The summed E-state index contributed by atoms with van der Waals surface area (Å²) in [5.41, 5.74) is 0. The van der Waals surface area contributed by atoms with Gasteiger partial charge in [0.2, 0.25) is 0 Å². The summed E-state index contributed by atoms with van der Waals surface area (Å²) in [6.45, 7) is 0. The van der Waals surface area contributed by atoms with Crippen LogP contribution in [0.4, 0.5) is 0 Å². The van der Waals surface area contributed by atoms with E-state index in [0.29, 0.717) is 14.5 Å². The third-order valence-electron chi connectivity index (χ3n) is 1.50. The van der Waals surface area contributed by atoms with E-state index >= 15 is 0 Å². The van der Waals surface area contributed by atoms with Crippen molar-refractivity contribution in [1.82, 2.24) is 0 Å². The van der Waals surface area contributed by atoms with Crippen molar-refractivity contribution in [3.63, 3.8) is 0 Å². The first-order valence-corrected chi connectivity index (χ1v) is 6.41. The monoisotopic (exact) mass is 338 g/mol. The topological polar surface area (TPSA) is 0 Å². The Kier molecular flexibility index (Phi) is 2.24. The van der Waals surface area contributed by atoms with Gasteiger partial charge in [0.25, 0.3) is 0 Å². The van der Waals surface area contributed by atoms with Gasteiger partial charge in [-0.25, -0.2) is 0 Å². The van der Waals surface area contributed by atoms with Gasteiger partial charge in [0.15, 0.2) is 0 Å². The summed E-state index contributed by atoms with van der Waals surface area (Å²) in [5, 5.41) is 1.35. The molecule has 1 aromatic heterocycles. The van der Waals surface area contributed by atoms with Crippen molar-refractivity contribution in [2.45, 2.75) is 0 Å². The van der Waals surface area contributed by atoms with Crippen LogP contribution in [0.25, 0.3) is 9.65 Å². The molecule has 0 unspecified atom stereocenters. The normalized spacial score (nSPS) is 10.7. The van der Waals surface area contributed by atoms with Gasteiger partial charge in [-0.05, 0) is 0 Å². The van der Waals surface area contributed by atoms with Crippen molar-refractivity contribution in [3.8, 4) is 0 Å². The van der Waals surface area contributed by atoms with Gasteiger partial charge in [0, 0.05) is 0 Å². The van der Waals surface area contributed by atoms with Gasteiger partial charge in [0.05, 0.1) is 0 Å². The Morgan fingerprint density at radius 3 is 2.55 bits per heavy atom. The van der Waals surface area contributed by atoms with Crippen LogP contribution in [0, 0.1) is 0 Å². The average Bonchev–Trinajstić information content (AvgIpc) is 2.30. The van der Waals surface area contributed by atoms with E-state index < -0.39 is 0 Å². The number of fused-ring (bicyclic) bond motifs is 1. The Balaban J connectivity index is 2.92. The van der Waals surface area contributed by atoms with Crippen molar-refractivity contribution >= 4 is 56.0 Å². The molecule has 0 saturated carbocycles. The number of benzene rings is 1. The molecule has 2 aromatic rings. The van der Waals surface area contributed by atoms with E-state index in [1.165, 1.54) is 17.5 Å². The molecule has 0 aliphatic carbocycles. The van der Waals surface area contributed by atoms with Crippen LogP contribution in [-0.2, 0) is 0 Å². The summed E-state index contributed by atoms with van der Waals surface area (Å²) in [4.78, 5) is 0. The average molecular weight is 339 g/mol. The predicted octanol–water partition coefficient (Wildman–Crippen LogP) is 3.42. The Morgan fingerprint density at radius 2 is 1.82 bits per heavy atom. The van der Waals surface area contributed by atoms with E-state index in [2.05, 4.69) is 56.1 Å². The molecule has 0 nitrogen and oxygen atoms in total. The molecule has 1 aromatic carbocycles. The zero-order valence-electron chi connectivity index (χ0n) is 5.47. The molecule has 0 aliphatic rings. The Bertz CT molecular complexity index is 392. The fraction of sp³-hybridized carbons (Fsp3) is 0. The van der Waals surface area contributed by atoms with Crippen LogP contribution < -0.4 is 0 Å². The van der Waals surface area contributed by atoms with Crippen molar-refractivity contribution in [3.05, 3.63) is 32.1 Å². The van der Waals surface area contributed by atoms with Crippen molar-refractivity contribution < 1.29 is 0 Å². The zero-order valence-corrected chi connectivity index (χ0v) is 10.4. The molecule has 0 aliphatic heterocycles. The van der Waals surface area contributed by atoms with Crippen LogP contribution in [-0.4, -0.2) is 14.5 Å². The number of hydrogen-bond donors (Lipinski definition) is 0. The van der Waals surface area contributed by atoms with Gasteiger partial charge in [-0.2, -0.15) is 0 Å². The van der Waals surface area contributed by atoms with E-state index in [4.69, 9.17) is 0 Å². The van der Waals surface area contributed by atoms with Crippen LogP contribution >= 0.6 is 31.9 Å². The Labute approximate surface area is 87.6 Å². The van der Waals surface area contributed by atoms with Crippen molar-refractivity contribution in [1.29, 1.82) is 0 Å². The zero-order chi connectivity index (χ0) is 7.84. The molecule has 11 heavy (non-hydrogen) atoms. The summed E-state index contributed by atoms with van der Waals surface area (Å²) < 4.78 is 4.00. The third kappa shape index (κ3) is 1.35. The Hall–Kier alpha value is 0.439. The molecule has 0 radical (unpaired) electrons. The van der Waals surface area contributed by atoms with Gasteiger partial charge >= 0.3 is 88.1 Å². The van der Waals surface area contributed by atoms with E-state index in [0.717, 1.165) is 0 Å². The standard InChI is InChI=1S/C8H4Br2Se/c9-7-5-3-1-2-4-6(5)11-8(7)10/h1-4H. The Morgan fingerprint density at radius 1 is 1.09 bits per heavy atom. The van der Waals surface area contributed by atoms with E-state index in [1.54, 1.807) is 0 Å². The molecular weight excluding hydrogens is 335 g/mol. The van der Waals surface area contributed by atoms with Crippen LogP contribution in [0.1, 0.15) is 0 Å². The third-order valence-corrected chi connectivity index (χ3v) is 6.69. The van der Waals surface area contributed by atoms with Gasteiger partial charge in [-0.1, -0.05) is 0 Å². The first kappa shape index (κ1) is 8.06. The van der Waals surface area contributed by atoms with E-state index in [9.17, 15) is 0 Å². The molecule has 56 valence electrons. The summed E-state index contributed by atoms with van der Waals surface area (Å²) in [6, 6.07) is 8.49. The van der Waals surface area contributed by atoms with Crippen molar-refractivity contribution in [2.75, 3.05) is 0 Å². The van der Waals surface area contributed by atoms with E-state index in [1.807, 2.05) is 0 Å². The molecule has 0 amide bonds. The summed E-state index contributed by atoms with van der Waals surface area (Å²) in [5.74, 6) is 0. The summed E-state index contributed by atoms with van der Waals surface area (Å²) in [6.07, 6.45) is 0. The second-order valence-electron chi connectivity index (χ2n) is 2.19. The van der Waals surface area contributed by atoms with Crippen molar-refractivity contribution in [2.24, 2.45) is 0 Å².